The van der Waals surface area contributed by atoms with E-state index >= 15 is 0 Å². The third-order valence-corrected chi connectivity index (χ3v) is 5.52. The summed E-state index contributed by atoms with van der Waals surface area (Å²) in [5.41, 5.74) is 1.41. The number of allylic oxidation sites excluding steroid dienone is 1. The minimum absolute atomic E-state index is 0.296. The smallest absolute Gasteiger partial charge is 0.155 e. The summed E-state index contributed by atoms with van der Waals surface area (Å²) >= 11 is 0. The third-order valence-electron chi connectivity index (χ3n) is 5.52. The van der Waals surface area contributed by atoms with E-state index in [4.69, 9.17) is 0 Å². The molecule has 0 amide bonds. The van der Waals surface area contributed by atoms with Gasteiger partial charge in [-0.2, -0.15) is 0 Å². The first kappa shape index (κ1) is 13.0. The molecule has 3 aliphatic rings. The average Bonchev–Trinajstić information content (AvgIpc) is 3.01. The molecule has 0 aromatic heterocycles. The highest BCUT2D eigenvalue weighted by molar-refractivity contribution is 5.91. The number of hydrogen-bond donors (Lipinski definition) is 0. The summed E-state index contributed by atoms with van der Waals surface area (Å²) in [6.07, 6.45) is 10.5. The van der Waals surface area contributed by atoms with Crippen LogP contribution in [0, 0.1) is 17.8 Å². The van der Waals surface area contributed by atoms with E-state index in [2.05, 4.69) is 60.5 Å². The Labute approximate surface area is 126 Å². The average molecular weight is 279 g/mol. The van der Waals surface area contributed by atoms with Gasteiger partial charge in [0, 0.05) is 18.5 Å². The normalized spacial score (nSPS) is 37.8. The number of nitrogens with zero attached hydrogens (tertiary/aromatic N) is 1. The summed E-state index contributed by atoms with van der Waals surface area (Å²) in [5.74, 6) is 1.89. The van der Waals surface area contributed by atoms with Crippen molar-refractivity contribution in [2.75, 3.05) is 7.05 Å². The second-order valence-corrected chi connectivity index (χ2v) is 6.66. The Morgan fingerprint density at radius 2 is 1.95 bits per heavy atom. The van der Waals surface area contributed by atoms with Gasteiger partial charge in [-0.15, -0.1) is 0 Å². The number of rotatable bonds is 2. The molecule has 0 saturated carbocycles. The molecule has 0 radical (unpaired) electrons. The van der Waals surface area contributed by atoms with E-state index in [-0.39, 0.29) is 0 Å². The molecule has 1 saturated heterocycles. The molecule has 1 fully saturated rings. The van der Waals surface area contributed by atoms with Gasteiger partial charge in [-0.3, -0.25) is 9.69 Å². The fourth-order valence-electron chi connectivity index (χ4n) is 4.60. The van der Waals surface area contributed by atoms with Crippen molar-refractivity contribution in [3.63, 3.8) is 0 Å². The molecular weight excluding hydrogens is 258 g/mol. The number of benzene rings is 1. The minimum atomic E-state index is 0.296. The standard InChI is InChI=1S/C19H21NO/c1-20-18-10-8-15(21)12-17(18)16-9-7-14(19(16)20)11-13-5-3-2-4-6-13/h2-10,14,16-19H,11-12H2,1H3. The van der Waals surface area contributed by atoms with E-state index in [1.165, 1.54) is 5.56 Å². The van der Waals surface area contributed by atoms with Crippen LogP contribution in [0.3, 0.4) is 0 Å². The fourth-order valence-corrected chi connectivity index (χ4v) is 4.60. The highest BCUT2D eigenvalue weighted by Crippen LogP contribution is 2.47. The molecule has 2 nitrogen and oxygen atoms in total. The Bertz CT molecular complexity index is 603. The Morgan fingerprint density at radius 1 is 1.14 bits per heavy atom. The van der Waals surface area contributed by atoms with Crippen LogP contribution < -0.4 is 0 Å². The lowest BCUT2D eigenvalue weighted by Gasteiger charge is -2.29. The van der Waals surface area contributed by atoms with E-state index in [0.717, 1.165) is 12.8 Å². The predicted molar refractivity (Wildman–Crippen MR) is 83.9 cm³/mol. The zero-order valence-electron chi connectivity index (χ0n) is 12.4. The van der Waals surface area contributed by atoms with Gasteiger partial charge in [0.2, 0.25) is 0 Å². The molecule has 2 heteroatoms. The largest absolute Gasteiger partial charge is 0.295 e. The van der Waals surface area contributed by atoms with Gasteiger partial charge in [-0.25, -0.2) is 0 Å². The molecule has 5 unspecified atom stereocenters. The molecule has 5 atom stereocenters. The maximum Gasteiger partial charge on any atom is 0.155 e. The molecule has 108 valence electrons. The third kappa shape index (κ3) is 2.09. The highest BCUT2D eigenvalue weighted by Gasteiger charge is 2.50. The van der Waals surface area contributed by atoms with Gasteiger partial charge in [-0.05, 0) is 42.9 Å². The van der Waals surface area contributed by atoms with Crippen LogP contribution in [0.15, 0.2) is 54.6 Å². The molecule has 1 aliphatic heterocycles. The van der Waals surface area contributed by atoms with Crippen LogP contribution in [-0.4, -0.2) is 29.8 Å². The molecule has 4 rings (SSSR count). The number of fused-ring (bicyclic) bond motifs is 3. The summed E-state index contributed by atoms with van der Waals surface area (Å²) in [7, 11) is 2.23. The maximum atomic E-state index is 11.7. The molecule has 2 aliphatic carbocycles. The predicted octanol–water partition coefficient (Wildman–Crippen LogP) is 2.86. The second-order valence-electron chi connectivity index (χ2n) is 6.66. The van der Waals surface area contributed by atoms with Crippen molar-refractivity contribution < 1.29 is 4.79 Å². The highest BCUT2D eigenvalue weighted by atomic mass is 16.1. The number of ketones is 1. The van der Waals surface area contributed by atoms with Crippen LogP contribution in [0.4, 0.5) is 0 Å². The van der Waals surface area contributed by atoms with Gasteiger partial charge >= 0.3 is 0 Å². The first-order valence-electron chi connectivity index (χ1n) is 7.89. The minimum Gasteiger partial charge on any atom is -0.295 e. The van der Waals surface area contributed by atoms with Gasteiger partial charge in [0.1, 0.15) is 0 Å². The van der Waals surface area contributed by atoms with Crippen molar-refractivity contribution >= 4 is 5.78 Å². The Hall–Kier alpha value is -1.67. The zero-order valence-corrected chi connectivity index (χ0v) is 12.4. The van der Waals surface area contributed by atoms with Crippen molar-refractivity contribution in [1.29, 1.82) is 0 Å². The first-order valence-corrected chi connectivity index (χ1v) is 7.89. The monoisotopic (exact) mass is 279 g/mol. The molecular formula is C19H21NO. The summed E-state index contributed by atoms with van der Waals surface area (Å²) in [4.78, 5) is 14.2. The molecule has 1 aromatic carbocycles. The number of carbonyl (C=O) groups is 1. The SMILES string of the molecule is CN1C2C=CC(=O)CC2C2C=CC(Cc3ccccc3)C21. The van der Waals surface area contributed by atoms with Gasteiger partial charge in [0.15, 0.2) is 5.78 Å². The first-order chi connectivity index (χ1) is 10.2. The molecule has 21 heavy (non-hydrogen) atoms. The summed E-state index contributed by atoms with van der Waals surface area (Å²) in [6, 6.07) is 11.7. The van der Waals surface area contributed by atoms with Crippen LogP contribution in [0.25, 0.3) is 0 Å². The zero-order chi connectivity index (χ0) is 14.4. The summed E-state index contributed by atoms with van der Waals surface area (Å²) in [5, 5.41) is 0. The number of likely N-dealkylation sites (tertiary alicyclic amines) is 1. The van der Waals surface area contributed by atoms with Crippen molar-refractivity contribution in [3.05, 3.63) is 60.2 Å². The number of likely N-dealkylation sites (N-methyl/N-ethyl adjacent to an activating group) is 1. The topological polar surface area (TPSA) is 20.3 Å². The molecule has 0 N–H and O–H groups in total. The van der Waals surface area contributed by atoms with Crippen LogP contribution in [0.5, 0.6) is 0 Å². The lowest BCUT2D eigenvalue weighted by atomic mass is 9.81. The van der Waals surface area contributed by atoms with Crippen molar-refractivity contribution in [2.45, 2.75) is 24.9 Å². The van der Waals surface area contributed by atoms with E-state index in [0.29, 0.717) is 35.6 Å². The molecule has 1 aromatic rings. The second kappa shape index (κ2) is 4.96. The quantitative estimate of drug-likeness (QED) is 0.776. The van der Waals surface area contributed by atoms with Crippen LogP contribution in [-0.2, 0) is 11.2 Å². The van der Waals surface area contributed by atoms with Gasteiger partial charge in [0.05, 0.1) is 0 Å². The Morgan fingerprint density at radius 3 is 2.76 bits per heavy atom. The Balaban J connectivity index is 1.58. The van der Waals surface area contributed by atoms with E-state index in [1.807, 2.05) is 0 Å². The van der Waals surface area contributed by atoms with Gasteiger partial charge in [-0.1, -0.05) is 48.6 Å². The maximum absolute atomic E-state index is 11.7. The molecule has 1 heterocycles. The van der Waals surface area contributed by atoms with Crippen molar-refractivity contribution in [3.8, 4) is 0 Å². The van der Waals surface area contributed by atoms with Gasteiger partial charge < -0.3 is 0 Å². The number of hydrogen-bond acceptors (Lipinski definition) is 2. The van der Waals surface area contributed by atoms with E-state index < -0.39 is 0 Å². The Kier molecular flexibility index (Phi) is 3.07. The van der Waals surface area contributed by atoms with Gasteiger partial charge in [0.25, 0.3) is 0 Å². The molecule has 0 spiro atoms. The fraction of sp³-hybridized carbons (Fsp3) is 0.421. The van der Waals surface area contributed by atoms with E-state index in [9.17, 15) is 4.79 Å². The summed E-state index contributed by atoms with van der Waals surface area (Å²) < 4.78 is 0. The van der Waals surface area contributed by atoms with Crippen LogP contribution in [0.1, 0.15) is 12.0 Å². The lowest BCUT2D eigenvalue weighted by molar-refractivity contribution is -0.116. The van der Waals surface area contributed by atoms with Crippen LogP contribution in [0.2, 0.25) is 0 Å². The summed E-state index contributed by atoms with van der Waals surface area (Å²) in [6.45, 7) is 0. The van der Waals surface area contributed by atoms with Crippen LogP contribution >= 0.6 is 0 Å². The van der Waals surface area contributed by atoms with Crippen molar-refractivity contribution in [1.82, 2.24) is 4.90 Å². The lowest BCUT2D eigenvalue weighted by Crippen LogP contribution is -2.38. The van der Waals surface area contributed by atoms with Crippen molar-refractivity contribution in [2.24, 2.45) is 17.8 Å². The van der Waals surface area contributed by atoms with E-state index in [1.54, 1.807) is 6.08 Å². The molecule has 0 bridgehead atoms. The number of carbonyl (C=O) groups excluding carboxylic acids is 1.